The fourth-order valence-corrected chi connectivity index (χ4v) is 1.99. The number of nitrogens with zero attached hydrogens (tertiary/aromatic N) is 1. The van der Waals surface area contributed by atoms with E-state index in [0.717, 1.165) is 18.3 Å². The van der Waals surface area contributed by atoms with Crippen molar-refractivity contribution >= 4 is 28.4 Å². The monoisotopic (exact) mass is 288 g/mol. The summed E-state index contributed by atoms with van der Waals surface area (Å²) in [6, 6.07) is 4.05. The molecule has 1 heterocycles. The average molecular weight is 288 g/mol. The molecule has 0 spiro atoms. The second-order valence-electron chi connectivity index (χ2n) is 3.51. The molecule has 1 aliphatic rings. The fourth-order valence-electron chi connectivity index (χ4n) is 1.45. The van der Waals surface area contributed by atoms with E-state index in [1.54, 1.807) is 0 Å². The van der Waals surface area contributed by atoms with Gasteiger partial charge in [-0.15, -0.1) is 0 Å². The molecule has 0 amide bonds. The van der Waals surface area contributed by atoms with E-state index in [1.165, 1.54) is 22.8 Å². The van der Waals surface area contributed by atoms with Crippen molar-refractivity contribution in [2.75, 3.05) is 11.9 Å². The predicted molar refractivity (Wildman–Crippen MR) is 62.8 cm³/mol. The van der Waals surface area contributed by atoms with Gasteiger partial charge in [0.25, 0.3) is 0 Å². The van der Waals surface area contributed by atoms with Crippen LogP contribution in [0, 0.1) is 9.49 Å². The second-order valence-corrected chi connectivity index (χ2v) is 4.67. The van der Waals surface area contributed by atoms with Gasteiger partial charge in [-0.25, -0.2) is 4.98 Å². The zero-order chi connectivity index (χ0) is 9.10. The summed E-state index contributed by atoms with van der Waals surface area (Å²) in [6.45, 7) is 1.09. The van der Waals surface area contributed by atoms with E-state index < -0.39 is 0 Å². The number of hydrogen-bond acceptors (Lipinski definition) is 2. The molecule has 1 saturated carbocycles. The molecule has 1 aromatic heterocycles. The van der Waals surface area contributed by atoms with Gasteiger partial charge >= 0.3 is 0 Å². The molecule has 2 nitrogen and oxygen atoms in total. The van der Waals surface area contributed by atoms with Crippen molar-refractivity contribution in [3.8, 4) is 0 Å². The minimum absolute atomic E-state index is 0.887. The Bertz CT molecular complexity index is 284. The van der Waals surface area contributed by atoms with Gasteiger partial charge in [0.05, 0.1) is 3.57 Å². The number of aromatic nitrogens is 1. The lowest BCUT2D eigenvalue weighted by atomic mass is 9.85. The lowest BCUT2D eigenvalue weighted by Crippen LogP contribution is -2.21. The highest BCUT2D eigenvalue weighted by Crippen LogP contribution is 2.26. The molecule has 0 radical (unpaired) electrons. The van der Waals surface area contributed by atoms with E-state index in [9.17, 15) is 0 Å². The molecular weight excluding hydrogens is 275 g/mol. The van der Waals surface area contributed by atoms with E-state index in [0.29, 0.717) is 0 Å². The van der Waals surface area contributed by atoms with Gasteiger partial charge in [-0.1, -0.05) is 6.42 Å². The maximum atomic E-state index is 4.29. The molecule has 1 aromatic rings. The maximum absolute atomic E-state index is 4.29. The number of hydrogen-bond donors (Lipinski definition) is 1. The van der Waals surface area contributed by atoms with E-state index >= 15 is 0 Å². The Balaban J connectivity index is 1.89. The Kier molecular flexibility index (Phi) is 3.03. The Morgan fingerprint density at radius 3 is 3.00 bits per heavy atom. The summed E-state index contributed by atoms with van der Waals surface area (Å²) in [5, 5.41) is 3.40. The highest BCUT2D eigenvalue weighted by Gasteiger charge is 2.17. The Morgan fingerprint density at radius 1 is 1.54 bits per heavy atom. The van der Waals surface area contributed by atoms with Crippen LogP contribution >= 0.6 is 22.6 Å². The first-order valence-corrected chi connectivity index (χ1v) is 5.78. The Labute approximate surface area is 92.3 Å². The standard InChI is InChI=1S/C10H13IN2/c11-9-5-2-6-12-10(9)13-7-8-3-1-4-8/h2,5-6,8H,1,3-4,7H2,(H,12,13). The van der Waals surface area contributed by atoms with Gasteiger partial charge in [0, 0.05) is 12.7 Å². The van der Waals surface area contributed by atoms with Gasteiger partial charge in [-0.3, -0.25) is 0 Å². The van der Waals surface area contributed by atoms with Gasteiger partial charge < -0.3 is 5.32 Å². The highest BCUT2D eigenvalue weighted by molar-refractivity contribution is 14.1. The molecular formula is C10H13IN2. The van der Waals surface area contributed by atoms with Crippen LogP contribution < -0.4 is 5.32 Å². The molecule has 2 rings (SSSR count). The van der Waals surface area contributed by atoms with Crippen molar-refractivity contribution in [3.05, 3.63) is 21.9 Å². The fraction of sp³-hybridized carbons (Fsp3) is 0.500. The topological polar surface area (TPSA) is 24.9 Å². The molecule has 0 aromatic carbocycles. The van der Waals surface area contributed by atoms with Gasteiger partial charge in [0.15, 0.2) is 0 Å². The van der Waals surface area contributed by atoms with Crippen molar-refractivity contribution in [1.82, 2.24) is 4.98 Å². The molecule has 0 atom stereocenters. The number of nitrogens with one attached hydrogen (secondary N) is 1. The first kappa shape index (κ1) is 9.24. The quantitative estimate of drug-likeness (QED) is 0.865. The third kappa shape index (κ3) is 2.33. The lowest BCUT2D eigenvalue weighted by Gasteiger charge is -2.25. The van der Waals surface area contributed by atoms with E-state index in [1.807, 2.05) is 12.3 Å². The summed E-state index contributed by atoms with van der Waals surface area (Å²) in [5.41, 5.74) is 0. The van der Waals surface area contributed by atoms with Crippen molar-refractivity contribution in [1.29, 1.82) is 0 Å². The highest BCUT2D eigenvalue weighted by atomic mass is 127. The first-order chi connectivity index (χ1) is 6.36. The van der Waals surface area contributed by atoms with E-state index in [-0.39, 0.29) is 0 Å². The third-order valence-corrected chi connectivity index (χ3v) is 3.41. The van der Waals surface area contributed by atoms with Crippen molar-refractivity contribution in [2.24, 2.45) is 5.92 Å². The Hall–Kier alpha value is -0.320. The smallest absolute Gasteiger partial charge is 0.139 e. The van der Waals surface area contributed by atoms with Crippen molar-refractivity contribution in [2.45, 2.75) is 19.3 Å². The number of rotatable bonds is 3. The number of halogens is 1. The molecule has 0 saturated heterocycles. The zero-order valence-electron chi connectivity index (χ0n) is 7.46. The SMILES string of the molecule is Ic1cccnc1NCC1CCC1. The normalized spacial score (nSPS) is 16.7. The Morgan fingerprint density at radius 2 is 2.38 bits per heavy atom. The molecule has 0 aliphatic heterocycles. The molecule has 13 heavy (non-hydrogen) atoms. The summed E-state index contributed by atoms with van der Waals surface area (Å²) in [7, 11) is 0. The number of anilines is 1. The van der Waals surface area contributed by atoms with Crippen LogP contribution in [0.15, 0.2) is 18.3 Å². The van der Waals surface area contributed by atoms with E-state index in [4.69, 9.17) is 0 Å². The van der Waals surface area contributed by atoms with Gasteiger partial charge in [-0.05, 0) is 53.5 Å². The lowest BCUT2D eigenvalue weighted by molar-refractivity contribution is 0.333. The van der Waals surface area contributed by atoms with Crippen LogP contribution in [0.4, 0.5) is 5.82 Å². The summed E-state index contributed by atoms with van der Waals surface area (Å²) >= 11 is 2.31. The molecule has 1 fully saturated rings. The minimum Gasteiger partial charge on any atom is -0.369 e. The molecule has 0 unspecified atom stereocenters. The van der Waals surface area contributed by atoms with Crippen LogP contribution in [0.2, 0.25) is 0 Å². The molecule has 70 valence electrons. The summed E-state index contributed by atoms with van der Waals surface area (Å²) < 4.78 is 1.21. The molecule has 3 heteroatoms. The minimum atomic E-state index is 0.887. The van der Waals surface area contributed by atoms with Crippen molar-refractivity contribution < 1.29 is 0 Å². The number of pyridine rings is 1. The molecule has 1 aliphatic carbocycles. The van der Waals surface area contributed by atoms with Crippen LogP contribution in [0.3, 0.4) is 0 Å². The van der Waals surface area contributed by atoms with Crippen LogP contribution in [0.25, 0.3) is 0 Å². The average Bonchev–Trinajstić information content (AvgIpc) is 2.05. The van der Waals surface area contributed by atoms with Crippen molar-refractivity contribution in [3.63, 3.8) is 0 Å². The largest absolute Gasteiger partial charge is 0.369 e. The predicted octanol–water partition coefficient (Wildman–Crippen LogP) is 2.90. The van der Waals surface area contributed by atoms with Gasteiger partial charge in [0.2, 0.25) is 0 Å². The van der Waals surface area contributed by atoms with Crippen LogP contribution in [0.1, 0.15) is 19.3 Å². The van der Waals surface area contributed by atoms with Gasteiger partial charge in [-0.2, -0.15) is 0 Å². The summed E-state index contributed by atoms with van der Waals surface area (Å²) in [5.74, 6) is 1.92. The van der Waals surface area contributed by atoms with Crippen LogP contribution in [-0.4, -0.2) is 11.5 Å². The van der Waals surface area contributed by atoms with E-state index in [2.05, 4.69) is 39.0 Å². The van der Waals surface area contributed by atoms with Crippen LogP contribution in [-0.2, 0) is 0 Å². The maximum Gasteiger partial charge on any atom is 0.139 e. The molecule has 0 bridgehead atoms. The third-order valence-electron chi connectivity index (χ3n) is 2.54. The molecule has 1 N–H and O–H groups in total. The summed E-state index contributed by atoms with van der Waals surface area (Å²) in [4.78, 5) is 4.29. The second kappa shape index (κ2) is 4.26. The summed E-state index contributed by atoms with van der Waals surface area (Å²) in [6.07, 6.45) is 6.02. The zero-order valence-corrected chi connectivity index (χ0v) is 9.62. The van der Waals surface area contributed by atoms with Gasteiger partial charge in [0.1, 0.15) is 5.82 Å². The first-order valence-electron chi connectivity index (χ1n) is 4.70. The van der Waals surface area contributed by atoms with Crippen LogP contribution in [0.5, 0.6) is 0 Å².